The lowest BCUT2D eigenvalue weighted by atomic mass is 9.79. The molecule has 0 saturated carbocycles. The number of ether oxygens (including phenoxy) is 2. The average Bonchev–Trinajstić information content (AvgIpc) is 3.09. The van der Waals surface area contributed by atoms with Gasteiger partial charge < -0.3 is 40.5 Å². The van der Waals surface area contributed by atoms with Gasteiger partial charge >= 0.3 is 12.0 Å². The highest BCUT2D eigenvalue weighted by Gasteiger charge is 2.43. The molecule has 0 radical (unpaired) electrons. The van der Waals surface area contributed by atoms with E-state index in [0.29, 0.717) is 49.0 Å². The molecule has 2 saturated heterocycles. The lowest BCUT2D eigenvalue weighted by Gasteiger charge is -2.50. The van der Waals surface area contributed by atoms with Crippen molar-refractivity contribution in [3.8, 4) is 12.0 Å². The summed E-state index contributed by atoms with van der Waals surface area (Å²) in [7, 11) is 0. The number of rotatable bonds is 23. The Labute approximate surface area is 401 Å². The second-order valence-corrected chi connectivity index (χ2v) is 25.9. The molecule has 2 aromatic heterocycles. The molecule has 14 heteroatoms. The van der Waals surface area contributed by atoms with Gasteiger partial charge in [-0.15, -0.1) is 0 Å². The van der Waals surface area contributed by atoms with Gasteiger partial charge in [0.05, 0.1) is 0 Å². The highest BCUT2D eigenvalue weighted by molar-refractivity contribution is 5.43. The molecule has 0 amide bonds. The minimum Gasteiger partial charge on any atom is -0.459 e. The largest absolute Gasteiger partial charge is 0.459 e. The first kappa shape index (κ1) is 54.8. The topological polar surface area (TPSA) is 150 Å². The van der Waals surface area contributed by atoms with Gasteiger partial charge in [-0.05, 0) is 145 Å². The van der Waals surface area contributed by atoms with E-state index in [1.807, 2.05) is 0 Å². The number of nitrogens with zero attached hydrogens (tertiary/aromatic N) is 8. The first-order chi connectivity index (χ1) is 30.2. The van der Waals surface area contributed by atoms with Crippen molar-refractivity contribution in [2.24, 2.45) is 10.8 Å². The Balaban J connectivity index is 1.63. The van der Waals surface area contributed by atoms with E-state index in [2.05, 4.69) is 169 Å². The van der Waals surface area contributed by atoms with Gasteiger partial charge in [-0.25, -0.2) is 0 Å². The Morgan fingerprint density at radius 2 is 0.848 bits per heavy atom. The zero-order valence-corrected chi connectivity index (χ0v) is 45.0. The van der Waals surface area contributed by atoms with E-state index in [-0.39, 0.29) is 56.1 Å². The Kier molecular flexibility index (Phi) is 17.6. The Morgan fingerprint density at radius 1 is 0.530 bits per heavy atom. The van der Waals surface area contributed by atoms with Crippen LogP contribution in [-0.4, -0.2) is 102 Å². The number of hydrogen-bond acceptors (Lipinski definition) is 14. The second-order valence-electron chi connectivity index (χ2n) is 25.9. The van der Waals surface area contributed by atoms with Gasteiger partial charge in [-0.3, -0.25) is 0 Å². The highest BCUT2D eigenvalue weighted by Crippen LogP contribution is 2.37. The van der Waals surface area contributed by atoms with Gasteiger partial charge in [0.1, 0.15) is 13.2 Å². The highest BCUT2D eigenvalue weighted by atomic mass is 16.5. The molecule has 0 aromatic carbocycles. The van der Waals surface area contributed by atoms with E-state index in [9.17, 15) is 0 Å². The van der Waals surface area contributed by atoms with Crippen LogP contribution in [0.3, 0.4) is 0 Å². The van der Waals surface area contributed by atoms with Crippen LogP contribution >= 0.6 is 0 Å². The Bertz CT molecular complexity index is 1730. The van der Waals surface area contributed by atoms with Crippen molar-refractivity contribution in [1.82, 2.24) is 40.5 Å². The maximum atomic E-state index is 6.04. The van der Waals surface area contributed by atoms with Crippen molar-refractivity contribution in [2.45, 2.75) is 234 Å². The maximum absolute atomic E-state index is 6.04. The molecule has 4 rings (SSSR count). The van der Waals surface area contributed by atoms with Crippen molar-refractivity contribution in [1.29, 1.82) is 0 Å². The van der Waals surface area contributed by atoms with E-state index in [1.54, 1.807) is 12.2 Å². The SMILES string of the molecule is C=CCOc1nc(NC(C)(C)CC(C)(C)C)nc(N(CCCCCCN(c2nc(NC(C)(C)CC(C)(C)C)nc(OCC=C)n2)C2CC(C)(C)NC(C)(C)C2)C2CC(C)(C)NC(C)(C)C2)n1. The van der Waals surface area contributed by atoms with Crippen molar-refractivity contribution < 1.29 is 9.47 Å². The quantitative estimate of drug-likeness (QED) is 0.0618. The van der Waals surface area contributed by atoms with Crippen LogP contribution in [0.4, 0.5) is 23.8 Å². The molecule has 0 bridgehead atoms. The second kappa shape index (κ2) is 21.2. The maximum Gasteiger partial charge on any atom is 0.323 e. The van der Waals surface area contributed by atoms with Crippen LogP contribution in [0.15, 0.2) is 25.3 Å². The third-order valence-electron chi connectivity index (χ3n) is 12.0. The predicted molar refractivity (Wildman–Crippen MR) is 276 cm³/mol. The van der Waals surface area contributed by atoms with E-state index >= 15 is 0 Å². The van der Waals surface area contributed by atoms with Crippen molar-refractivity contribution in [3.05, 3.63) is 25.3 Å². The zero-order valence-electron chi connectivity index (χ0n) is 45.0. The first-order valence-corrected chi connectivity index (χ1v) is 24.9. The van der Waals surface area contributed by atoms with Gasteiger partial charge in [0, 0.05) is 58.4 Å². The lowest BCUT2D eigenvalue weighted by molar-refractivity contribution is 0.156. The fourth-order valence-corrected chi connectivity index (χ4v) is 11.6. The molecule has 0 spiro atoms. The van der Waals surface area contributed by atoms with E-state index in [4.69, 9.17) is 39.4 Å². The van der Waals surface area contributed by atoms with Crippen LogP contribution < -0.4 is 40.5 Å². The number of anilines is 4. The molecule has 14 nitrogen and oxygen atoms in total. The van der Waals surface area contributed by atoms with Crippen molar-refractivity contribution in [3.63, 3.8) is 0 Å². The van der Waals surface area contributed by atoms with E-state index in [1.165, 1.54) is 0 Å². The third kappa shape index (κ3) is 18.4. The van der Waals surface area contributed by atoms with Crippen molar-refractivity contribution in [2.75, 3.05) is 46.7 Å². The fourth-order valence-electron chi connectivity index (χ4n) is 11.6. The molecule has 0 atom stereocenters. The summed E-state index contributed by atoms with van der Waals surface area (Å²) in [4.78, 5) is 34.7. The summed E-state index contributed by atoms with van der Waals surface area (Å²) in [6.45, 7) is 50.8. The first-order valence-electron chi connectivity index (χ1n) is 24.9. The number of aromatic nitrogens is 6. The van der Waals surface area contributed by atoms with Gasteiger partial charge in [-0.2, -0.15) is 29.9 Å². The molecular formula is C52H94N12O2. The normalized spacial score (nSPS) is 18.9. The average molecular weight is 919 g/mol. The van der Waals surface area contributed by atoms with Crippen LogP contribution in [0.5, 0.6) is 12.0 Å². The molecular weight excluding hydrogens is 825 g/mol. The fraction of sp³-hybridized carbons (Fsp3) is 0.808. The predicted octanol–water partition coefficient (Wildman–Crippen LogP) is 10.9. The molecule has 0 aliphatic carbocycles. The smallest absolute Gasteiger partial charge is 0.323 e. The monoisotopic (exact) mass is 919 g/mol. The molecule has 2 aliphatic rings. The standard InChI is InChI=1S/C52H94N12O2/c1-21-29-65-43-55-39(59-51(17,18)35-45(3,4)5)53-41(57-43)63(37-31-47(9,10)61-48(11,12)32-37)27-25-23-24-26-28-64(38-33-49(13,14)62-50(15,16)34-38)42-54-40(56-44(58-42)66-30-22-2)60-52(19,20)36-46(6,7)8/h21-22,37-38,61-62H,1-2,23-36H2,3-20H3,(H,53,55,57,59)(H,54,56,58,60). The van der Waals surface area contributed by atoms with Crippen LogP contribution in [0.1, 0.15) is 189 Å². The molecule has 4 heterocycles. The van der Waals surface area contributed by atoms with Gasteiger partial charge in [0.15, 0.2) is 0 Å². The summed E-state index contributed by atoms with van der Waals surface area (Å²) < 4.78 is 12.1. The number of hydrogen-bond donors (Lipinski definition) is 4. The van der Waals surface area contributed by atoms with Crippen LogP contribution in [-0.2, 0) is 0 Å². The molecule has 4 N–H and O–H groups in total. The zero-order chi connectivity index (χ0) is 49.6. The van der Waals surface area contributed by atoms with E-state index < -0.39 is 0 Å². The Morgan fingerprint density at radius 3 is 1.14 bits per heavy atom. The summed E-state index contributed by atoms with van der Waals surface area (Å²) in [6.07, 6.45) is 13.2. The molecule has 2 fully saturated rings. The van der Waals surface area contributed by atoms with Crippen molar-refractivity contribution >= 4 is 23.8 Å². The minimum absolute atomic E-state index is 0.0692. The number of nitrogens with one attached hydrogen (secondary N) is 4. The minimum atomic E-state index is -0.258. The molecule has 66 heavy (non-hydrogen) atoms. The van der Waals surface area contributed by atoms with Gasteiger partial charge in [0.2, 0.25) is 23.8 Å². The summed E-state index contributed by atoms with van der Waals surface area (Å²) >= 11 is 0. The Hall–Kier alpha value is -3.78. The summed E-state index contributed by atoms with van der Waals surface area (Å²) in [5.41, 5.74) is -0.566. The van der Waals surface area contributed by atoms with Gasteiger partial charge in [0.25, 0.3) is 0 Å². The van der Waals surface area contributed by atoms with Crippen LogP contribution in [0.2, 0.25) is 0 Å². The van der Waals surface area contributed by atoms with Crippen LogP contribution in [0.25, 0.3) is 0 Å². The summed E-state index contributed by atoms with van der Waals surface area (Å²) in [5.74, 6) is 2.36. The summed E-state index contributed by atoms with van der Waals surface area (Å²) in [6, 6.07) is 1.04. The lowest BCUT2D eigenvalue weighted by Crippen LogP contribution is -2.62. The number of piperidine rings is 2. The van der Waals surface area contributed by atoms with Crippen LogP contribution in [0, 0.1) is 10.8 Å². The van der Waals surface area contributed by atoms with Gasteiger partial charge in [-0.1, -0.05) is 79.7 Å². The molecule has 2 aromatic rings. The molecule has 0 unspecified atom stereocenters. The molecule has 2 aliphatic heterocycles. The van der Waals surface area contributed by atoms with E-state index in [0.717, 1.165) is 77.3 Å². The number of unbranched alkanes of at least 4 members (excludes halogenated alkanes) is 3. The molecule has 374 valence electrons. The third-order valence-corrected chi connectivity index (χ3v) is 12.0. The summed E-state index contributed by atoms with van der Waals surface area (Å²) in [5, 5.41) is 15.1.